The molecule has 2 rings (SSSR count). The lowest BCUT2D eigenvalue weighted by Crippen LogP contribution is -2.04. The molecule has 0 spiro atoms. The molecule has 0 bridgehead atoms. The third-order valence-corrected chi connectivity index (χ3v) is 4.71. The molecule has 0 aliphatic heterocycles. The summed E-state index contributed by atoms with van der Waals surface area (Å²) in [5.41, 5.74) is 9.48. The van der Waals surface area contributed by atoms with E-state index in [1.807, 2.05) is 25.1 Å². The van der Waals surface area contributed by atoms with Gasteiger partial charge in [-0.25, -0.2) is 0 Å². The Morgan fingerprint density at radius 2 is 1.74 bits per heavy atom. The monoisotopic (exact) mass is 291 g/mol. The molecule has 1 nitrogen and oxygen atoms in total. The zero-order chi connectivity index (χ0) is 14.0. The fourth-order valence-electron chi connectivity index (χ4n) is 1.92. The largest absolute Gasteiger partial charge is 0.324 e. The molecule has 0 unspecified atom stereocenters. The van der Waals surface area contributed by atoms with Crippen LogP contribution in [0.3, 0.4) is 0 Å². The number of benzene rings is 2. The molecule has 0 fully saturated rings. The minimum atomic E-state index is 0.0117. The lowest BCUT2D eigenvalue weighted by Gasteiger charge is -2.11. The Bertz CT molecular complexity index is 593. The van der Waals surface area contributed by atoms with Crippen LogP contribution in [-0.2, 0) is 0 Å². The van der Waals surface area contributed by atoms with Gasteiger partial charge in [-0.3, -0.25) is 0 Å². The van der Waals surface area contributed by atoms with Crippen LogP contribution in [0.4, 0.5) is 0 Å². The Balaban J connectivity index is 2.28. The number of hydrogen-bond acceptors (Lipinski definition) is 2. The van der Waals surface area contributed by atoms with Crippen molar-refractivity contribution in [2.24, 2.45) is 5.73 Å². The molecule has 3 heteroatoms. The van der Waals surface area contributed by atoms with Crippen molar-refractivity contribution >= 4 is 23.4 Å². The molecule has 0 aliphatic carbocycles. The first-order valence-corrected chi connectivity index (χ1v) is 7.47. The van der Waals surface area contributed by atoms with Crippen LogP contribution in [-0.4, -0.2) is 0 Å². The molecule has 0 aromatic heterocycles. The molecule has 2 aromatic rings. The third kappa shape index (κ3) is 3.53. The standard InChI is InChI=1S/C16H18ClNS/c1-10-4-6-15(11(2)8-10)19-16-7-5-13(12(3)18)9-14(16)17/h4-9,12H,18H2,1-3H3/t12-/m1/s1. The lowest BCUT2D eigenvalue weighted by atomic mass is 10.1. The van der Waals surface area contributed by atoms with Gasteiger partial charge < -0.3 is 5.73 Å². The smallest absolute Gasteiger partial charge is 0.0548 e. The van der Waals surface area contributed by atoms with E-state index in [2.05, 4.69) is 32.0 Å². The molecule has 1 atom stereocenters. The van der Waals surface area contributed by atoms with E-state index in [1.165, 1.54) is 16.0 Å². The Morgan fingerprint density at radius 3 is 2.32 bits per heavy atom. The van der Waals surface area contributed by atoms with E-state index in [4.69, 9.17) is 17.3 Å². The summed E-state index contributed by atoms with van der Waals surface area (Å²) in [6, 6.07) is 12.5. The van der Waals surface area contributed by atoms with Gasteiger partial charge in [-0.2, -0.15) is 0 Å². The highest BCUT2D eigenvalue weighted by atomic mass is 35.5. The first kappa shape index (κ1) is 14.4. The van der Waals surface area contributed by atoms with E-state index in [9.17, 15) is 0 Å². The number of halogens is 1. The van der Waals surface area contributed by atoms with Crippen LogP contribution in [0, 0.1) is 13.8 Å². The molecule has 0 saturated heterocycles. The predicted octanol–water partition coefficient (Wildman–Crippen LogP) is 5.13. The van der Waals surface area contributed by atoms with Crippen molar-refractivity contribution in [3.63, 3.8) is 0 Å². The van der Waals surface area contributed by atoms with E-state index in [0.29, 0.717) is 0 Å². The van der Waals surface area contributed by atoms with E-state index in [0.717, 1.165) is 15.5 Å². The van der Waals surface area contributed by atoms with Gasteiger partial charge in [0.2, 0.25) is 0 Å². The summed E-state index contributed by atoms with van der Waals surface area (Å²) in [4.78, 5) is 2.30. The SMILES string of the molecule is Cc1ccc(Sc2ccc([C@@H](C)N)cc2Cl)c(C)c1. The minimum Gasteiger partial charge on any atom is -0.324 e. The molecule has 100 valence electrons. The van der Waals surface area contributed by atoms with Gasteiger partial charge in [0.05, 0.1) is 5.02 Å². The van der Waals surface area contributed by atoms with Crippen molar-refractivity contribution in [3.8, 4) is 0 Å². The van der Waals surface area contributed by atoms with E-state index in [-0.39, 0.29) is 6.04 Å². The molecule has 19 heavy (non-hydrogen) atoms. The second kappa shape index (κ2) is 6.00. The average Bonchev–Trinajstić information content (AvgIpc) is 2.34. The zero-order valence-electron chi connectivity index (χ0n) is 11.4. The Labute approximate surface area is 124 Å². The summed E-state index contributed by atoms with van der Waals surface area (Å²) in [7, 11) is 0. The van der Waals surface area contributed by atoms with Crippen LogP contribution in [0.5, 0.6) is 0 Å². The second-order valence-corrected chi connectivity index (χ2v) is 6.34. The summed E-state index contributed by atoms with van der Waals surface area (Å²) in [6.07, 6.45) is 0. The maximum absolute atomic E-state index is 6.33. The summed E-state index contributed by atoms with van der Waals surface area (Å²) in [6.45, 7) is 6.19. The quantitative estimate of drug-likeness (QED) is 0.848. The van der Waals surface area contributed by atoms with Gasteiger partial charge in [-0.1, -0.05) is 47.1 Å². The highest BCUT2D eigenvalue weighted by Crippen LogP contribution is 2.36. The van der Waals surface area contributed by atoms with Gasteiger partial charge in [0.1, 0.15) is 0 Å². The molecule has 0 aliphatic rings. The van der Waals surface area contributed by atoms with Crippen LogP contribution in [0.15, 0.2) is 46.2 Å². The van der Waals surface area contributed by atoms with Crippen LogP contribution in [0.25, 0.3) is 0 Å². The highest BCUT2D eigenvalue weighted by molar-refractivity contribution is 7.99. The van der Waals surface area contributed by atoms with Crippen molar-refractivity contribution < 1.29 is 0 Å². The van der Waals surface area contributed by atoms with Crippen LogP contribution >= 0.6 is 23.4 Å². The van der Waals surface area contributed by atoms with Gasteiger partial charge >= 0.3 is 0 Å². The fraction of sp³-hybridized carbons (Fsp3) is 0.250. The van der Waals surface area contributed by atoms with E-state index < -0.39 is 0 Å². The average molecular weight is 292 g/mol. The number of rotatable bonds is 3. The number of hydrogen-bond donors (Lipinski definition) is 1. The third-order valence-electron chi connectivity index (χ3n) is 3.03. The molecule has 0 heterocycles. The topological polar surface area (TPSA) is 26.0 Å². The molecule has 0 radical (unpaired) electrons. The zero-order valence-corrected chi connectivity index (χ0v) is 13.0. The maximum atomic E-state index is 6.33. The lowest BCUT2D eigenvalue weighted by molar-refractivity contribution is 0.817. The summed E-state index contributed by atoms with van der Waals surface area (Å²) < 4.78 is 0. The van der Waals surface area contributed by atoms with E-state index in [1.54, 1.807) is 11.8 Å². The van der Waals surface area contributed by atoms with Crippen LogP contribution in [0.1, 0.15) is 29.7 Å². The van der Waals surface area contributed by atoms with Crippen molar-refractivity contribution in [1.82, 2.24) is 0 Å². The Hall–Kier alpha value is -0.960. The molecular formula is C16H18ClNS. The molecular weight excluding hydrogens is 274 g/mol. The van der Waals surface area contributed by atoms with Gasteiger partial charge in [-0.15, -0.1) is 0 Å². The van der Waals surface area contributed by atoms with Crippen LogP contribution in [0.2, 0.25) is 5.02 Å². The maximum Gasteiger partial charge on any atom is 0.0548 e. The Kier molecular flexibility index (Phi) is 4.56. The van der Waals surface area contributed by atoms with Gasteiger partial charge in [0.25, 0.3) is 0 Å². The normalized spacial score (nSPS) is 12.5. The van der Waals surface area contributed by atoms with Gasteiger partial charge in [0, 0.05) is 15.8 Å². The highest BCUT2D eigenvalue weighted by Gasteiger charge is 2.08. The first-order valence-electron chi connectivity index (χ1n) is 6.27. The van der Waals surface area contributed by atoms with E-state index >= 15 is 0 Å². The van der Waals surface area contributed by atoms with Crippen molar-refractivity contribution in [3.05, 3.63) is 58.1 Å². The van der Waals surface area contributed by atoms with Gasteiger partial charge in [-0.05, 0) is 50.1 Å². The summed E-state index contributed by atoms with van der Waals surface area (Å²) in [5, 5.41) is 0.764. The minimum absolute atomic E-state index is 0.0117. The van der Waals surface area contributed by atoms with Crippen molar-refractivity contribution in [2.45, 2.75) is 36.6 Å². The molecule has 2 N–H and O–H groups in total. The number of aryl methyl sites for hydroxylation is 2. The second-order valence-electron chi connectivity index (χ2n) is 4.85. The van der Waals surface area contributed by atoms with Gasteiger partial charge in [0.15, 0.2) is 0 Å². The molecule has 0 amide bonds. The summed E-state index contributed by atoms with van der Waals surface area (Å²) in [5.74, 6) is 0. The molecule has 0 saturated carbocycles. The van der Waals surface area contributed by atoms with Crippen molar-refractivity contribution in [2.75, 3.05) is 0 Å². The van der Waals surface area contributed by atoms with Crippen molar-refractivity contribution in [1.29, 1.82) is 0 Å². The first-order chi connectivity index (χ1) is 8.97. The molecule has 2 aromatic carbocycles. The predicted molar refractivity (Wildman–Crippen MR) is 84.1 cm³/mol. The summed E-state index contributed by atoms with van der Waals surface area (Å²) >= 11 is 8.03. The fourth-order valence-corrected chi connectivity index (χ4v) is 3.11. The Morgan fingerprint density at radius 1 is 1.05 bits per heavy atom. The van der Waals surface area contributed by atoms with Crippen LogP contribution < -0.4 is 5.73 Å². The number of nitrogens with two attached hydrogens (primary N) is 1.